The summed E-state index contributed by atoms with van der Waals surface area (Å²) < 4.78 is 7.70. The van der Waals surface area contributed by atoms with Gasteiger partial charge in [-0.25, -0.2) is 4.98 Å². The second kappa shape index (κ2) is 6.20. The van der Waals surface area contributed by atoms with E-state index in [1.165, 1.54) is 0 Å². The third-order valence-electron chi connectivity index (χ3n) is 4.35. The second-order valence-electron chi connectivity index (χ2n) is 6.63. The van der Waals surface area contributed by atoms with Crippen LogP contribution >= 0.6 is 0 Å². The normalized spacial score (nSPS) is 22.4. The van der Waals surface area contributed by atoms with Gasteiger partial charge in [0.1, 0.15) is 12.1 Å². The number of nitrogens with one attached hydrogen (secondary N) is 1. The molecule has 2 aromatic heterocycles. The largest absolute Gasteiger partial charge is 0.378 e. The van der Waals surface area contributed by atoms with Crippen LogP contribution in [0.4, 0.5) is 5.82 Å². The third-order valence-corrected chi connectivity index (χ3v) is 4.35. The van der Waals surface area contributed by atoms with Crippen LogP contribution in [0, 0.1) is 19.8 Å². The van der Waals surface area contributed by atoms with Gasteiger partial charge < -0.3 is 10.1 Å². The van der Waals surface area contributed by atoms with E-state index in [-0.39, 0.29) is 0 Å². The molecule has 0 bridgehead atoms. The monoisotopic (exact) mass is 303 g/mol. The highest BCUT2D eigenvalue weighted by molar-refractivity contribution is 5.52. The van der Waals surface area contributed by atoms with Crippen LogP contribution in [0.5, 0.6) is 0 Å². The van der Waals surface area contributed by atoms with Crippen molar-refractivity contribution >= 4 is 11.6 Å². The summed E-state index contributed by atoms with van der Waals surface area (Å²) in [6.07, 6.45) is 5.07. The van der Waals surface area contributed by atoms with Crippen LogP contribution in [0.2, 0.25) is 0 Å². The minimum atomic E-state index is 0.348. The highest BCUT2D eigenvalue weighted by Gasteiger charge is 2.24. The van der Waals surface area contributed by atoms with Crippen molar-refractivity contribution in [2.24, 2.45) is 5.92 Å². The van der Waals surface area contributed by atoms with Gasteiger partial charge in [0.05, 0.1) is 6.10 Å². The van der Waals surface area contributed by atoms with Crippen LogP contribution in [-0.4, -0.2) is 38.3 Å². The van der Waals surface area contributed by atoms with E-state index in [1.807, 2.05) is 6.92 Å². The van der Waals surface area contributed by atoms with Gasteiger partial charge in [0.2, 0.25) is 0 Å². The lowest BCUT2D eigenvalue weighted by molar-refractivity contribution is -0.000613. The molecular weight excluding hydrogens is 278 g/mol. The summed E-state index contributed by atoms with van der Waals surface area (Å²) in [6, 6.07) is 0.408. The first kappa shape index (κ1) is 15.2. The highest BCUT2D eigenvalue weighted by Crippen LogP contribution is 2.25. The number of aryl methyl sites for hydroxylation is 1. The van der Waals surface area contributed by atoms with Crippen molar-refractivity contribution in [3.05, 3.63) is 17.6 Å². The molecule has 1 aliphatic heterocycles. The molecule has 2 aromatic rings. The van der Waals surface area contributed by atoms with Crippen LogP contribution in [-0.2, 0) is 4.74 Å². The Bertz CT molecular complexity index is 651. The number of rotatable bonds is 4. The average molecular weight is 303 g/mol. The van der Waals surface area contributed by atoms with Gasteiger partial charge in [-0.05, 0) is 39.0 Å². The molecule has 0 aromatic carbocycles. The van der Waals surface area contributed by atoms with Gasteiger partial charge in [0.15, 0.2) is 0 Å². The number of hydrogen-bond donors (Lipinski definition) is 1. The fourth-order valence-electron chi connectivity index (χ4n) is 3.10. The van der Waals surface area contributed by atoms with E-state index >= 15 is 0 Å². The highest BCUT2D eigenvalue weighted by atomic mass is 16.5. The van der Waals surface area contributed by atoms with Gasteiger partial charge in [0, 0.05) is 23.9 Å². The maximum atomic E-state index is 5.90. The molecule has 22 heavy (non-hydrogen) atoms. The van der Waals surface area contributed by atoms with E-state index in [1.54, 1.807) is 10.8 Å². The lowest BCUT2D eigenvalue weighted by Gasteiger charge is -2.32. The molecule has 0 amide bonds. The lowest BCUT2D eigenvalue weighted by atomic mass is 9.96. The van der Waals surface area contributed by atoms with Gasteiger partial charge in [-0.2, -0.15) is 14.6 Å². The van der Waals surface area contributed by atoms with E-state index in [2.05, 4.69) is 41.2 Å². The molecule has 0 aliphatic carbocycles. The molecule has 3 heterocycles. The molecule has 6 nitrogen and oxygen atoms in total. The first-order chi connectivity index (χ1) is 10.5. The molecule has 1 aliphatic rings. The van der Waals surface area contributed by atoms with E-state index in [0.717, 1.165) is 42.9 Å². The Balaban J connectivity index is 1.80. The van der Waals surface area contributed by atoms with Crippen molar-refractivity contribution in [2.45, 2.75) is 59.1 Å². The Morgan fingerprint density at radius 3 is 3.00 bits per heavy atom. The first-order valence-corrected chi connectivity index (χ1v) is 8.09. The summed E-state index contributed by atoms with van der Waals surface area (Å²) in [4.78, 5) is 8.67. The zero-order chi connectivity index (χ0) is 15.7. The van der Waals surface area contributed by atoms with Gasteiger partial charge in [0.25, 0.3) is 5.78 Å². The molecule has 2 atom stereocenters. The zero-order valence-electron chi connectivity index (χ0n) is 13.8. The fourth-order valence-corrected chi connectivity index (χ4v) is 3.10. The summed E-state index contributed by atoms with van der Waals surface area (Å²) in [5, 5.41) is 7.97. The molecule has 1 fully saturated rings. The molecule has 1 saturated heterocycles. The number of ether oxygens (including phenoxy) is 1. The van der Waals surface area contributed by atoms with Gasteiger partial charge in [-0.3, -0.25) is 0 Å². The Kier molecular flexibility index (Phi) is 4.29. The maximum Gasteiger partial charge on any atom is 0.254 e. The molecule has 0 unspecified atom stereocenters. The zero-order valence-corrected chi connectivity index (χ0v) is 13.8. The Morgan fingerprint density at radius 2 is 2.23 bits per heavy atom. The van der Waals surface area contributed by atoms with Crippen molar-refractivity contribution < 1.29 is 4.74 Å². The summed E-state index contributed by atoms with van der Waals surface area (Å²) in [5.74, 6) is 2.32. The second-order valence-corrected chi connectivity index (χ2v) is 6.63. The summed E-state index contributed by atoms with van der Waals surface area (Å²) in [6.45, 7) is 9.40. The summed E-state index contributed by atoms with van der Waals surface area (Å²) >= 11 is 0. The molecule has 3 rings (SSSR count). The Hall–Kier alpha value is -1.69. The Labute approximate surface area is 131 Å². The molecule has 0 radical (unpaired) electrons. The lowest BCUT2D eigenvalue weighted by Crippen LogP contribution is -2.35. The molecule has 6 heteroatoms. The SMILES string of the molecule is Cc1nc2ncnn2c(N[C@H]2CCO[C@H](CC(C)C)C2)c1C. The maximum absolute atomic E-state index is 5.90. The fraction of sp³-hybridized carbons (Fsp3) is 0.688. The average Bonchev–Trinajstić information content (AvgIpc) is 2.91. The van der Waals surface area contributed by atoms with E-state index < -0.39 is 0 Å². The number of hydrogen-bond acceptors (Lipinski definition) is 5. The minimum Gasteiger partial charge on any atom is -0.378 e. The Morgan fingerprint density at radius 1 is 1.41 bits per heavy atom. The predicted molar refractivity (Wildman–Crippen MR) is 86.1 cm³/mol. The van der Waals surface area contributed by atoms with Crippen LogP contribution < -0.4 is 5.32 Å². The van der Waals surface area contributed by atoms with Crippen molar-refractivity contribution in [3.8, 4) is 0 Å². The summed E-state index contributed by atoms with van der Waals surface area (Å²) in [5.41, 5.74) is 2.12. The van der Waals surface area contributed by atoms with Crippen molar-refractivity contribution in [3.63, 3.8) is 0 Å². The standard InChI is InChI=1S/C16H25N5O/c1-10(2)7-14-8-13(5-6-22-14)20-15-11(3)12(4)19-16-17-9-18-21(15)16/h9-10,13-14,20H,5-8H2,1-4H3/t13-,14+/m0/s1. The van der Waals surface area contributed by atoms with Crippen LogP contribution in [0.3, 0.4) is 0 Å². The number of aromatic nitrogens is 4. The van der Waals surface area contributed by atoms with E-state index in [4.69, 9.17) is 4.74 Å². The van der Waals surface area contributed by atoms with Gasteiger partial charge in [-0.1, -0.05) is 13.8 Å². The van der Waals surface area contributed by atoms with E-state index in [0.29, 0.717) is 23.8 Å². The number of anilines is 1. The predicted octanol–water partition coefficient (Wildman–Crippen LogP) is 2.75. The van der Waals surface area contributed by atoms with Crippen molar-refractivity contribution in [2.75, 3.05) is 11.9 Å². The van der Waals surface area contributed by atoms with Crippen LogP contribution in [0.1, 0.15) is 44.4 Å². The molecule has 120 valence electrons. The van der Waals surface area contributed by atoms with E-state index in [9.17, 15) is 0 Å². The van der Waals surface area contributed by atoms with Crippen LogP contribution in [0.25, 0.3) is 5.78 Å². The number of nitrogens with zero attached hydrogens (tertiary/aromatic N) is 4. The number of fused-ring (bicyclic) bond motifs is 1. The molecule has 0 spiro atoms. The van der Waals surface area contributed by atoms with Gasteiger partial charge in [-0.15, -0.1) is 0 Å². The molecule has 1 N–H and O–H groups in total. The van der Waals surface area contributed by atoms with Crippen molar-refractivity contribution in [1.29, 1.82) is 0 Å². The first-order valence-electron chi connectivity index (χ1n) is 8.09. The molecule has 0 saturated carbocycles. The molecular formula is C16H25N5O. The summed E-state index contributed by atoms with van der Waals surface area (Å²) in [7, 11) is 0. The van der Waals surface area contributed by atoms with Crippen LogP contribution in [0.15, 0.2) is 6.33 Å². The van der Waals surface area contributed by atoms with Gasteiger partial charge >= 0.3 is 0 Å². The minimum absolute atomic E-state index is 0.348. The topological polar surface area (TPSA) is 64.3 Å². The third kappa shape index (κ3) is 3.06. The smallest absolute Gasteiger partial charge is 0.254 e. The van der Waals surface area contributed by atoms with Crippen molar-refractivity contribution in [1.82, 2.24) is 19.6 Å². The quantitative estimate of drug-likeness (QED) is 0.941.